The Bertz CT molecular complexity index is 935. The molecule has 0 saturated carbocycles. The summed E-state index contributed by atoms with van der Waals surface area (Å²) in [4.78, 5) is 29.3. The fourth-order valence-corrected chi connectivity index (χ4v) is 3.36. The number of nitrogens with one attached hydrogen (secondary N) is 1. The first kappa shape index (κ1) is 18.0. The number of ether oxygens (including phenoxy) is 3. The molecule has 0 bridgehead atoms. The van der Waals surface area contributed by atoms with Crippen molar-refractivity contribution in [2.45, 2.75) is 44.2 Å². The average molecular weight is 378 g/mol. The molecule has 11 nitrogen and oxygen atoms in total. The van der Waals surface area contributed by atoms with Crippen molar-refractivity contribution in [2.24, 2.45) is 4.99 Å². The second kappa shape index (κ2) is 6.37. The van der Waals surface area contributed by atoms with Crippen LogP contribution in [0.25, 0.3) is 11.2 Å². The number of aromatic nitrogens is 4. The summed E-state index contributed by atoms with van der Waals surface area (Å²) >= 11 is 0. The van der Waals surface area contributed by atoms with Gasteiger partial charge in [0.1, 0.15) is 18.3 Å². The summed E-state index contributed by atoms with van der Waals surface area (Å²) in [6.45, 7) is 3.40. The monoisotopic (exact) mass is 378 g/mol. The standard InChI is InChI=1S/C16H22N6O5/c1-16(2)26-10-8(5-23)25-14(11(10)27-16)22-7-17-9-12(22)19-15(20-13(9)24)18-6-21(3)4/h6-8,10-11,14,23H,5H2,1-4H3,(H,19,20,24)/t8-,10?,11?,14-/m1/s1. The van der Waals surface area contributed by atoms with E-state index in [0.29, 0.717) is 5.65 Å². The van der Waals surface area contributed by atoms with Crippen molar-refractivity contribution in [3.05, 3.63) is 16.7 Å². The first-order chi connectivity index (χ1) is 12.8. The lowest BCUT2D eigenvalue weighted by Gasteiger charge is -2.24. The summed E-state index contributed by atoms with van der Waals surface area (Å²) in [5.74, 6) is -0.645. The Balaban J connectivity index is 1.76. The smallest absolute Gasteiger partial charge is 0.280 e. The lowest BCUT2D eigenvalue weighted by Crippen LogP contribution is -2.31. The zero-order chi connectivity index (χ0) is 19.3. The molecule has 2 N–H and O–H groups in total. The molecule has 0 radical (unpaired) electrons. The van der Waals surface area contributed by atoms with Gasteiger partial charge in [-0.1, -0.05) is 0 Å². The van der Waals surface area contributed by atoms with E-state index in [0.717, 1.165) is 0 Å². The summed E-state index contributed by atoms with van der Waals surface area (Å²) in [5, 5.41) is 9.64. The molecule has 4 rings (SSSR count). The Morgan fingerprint density at radius 1 is 1.41 bits per heavy atom. The van der Waals surface area contributed by atoms with Gasteiger partial charge in [-0.3, -0.25) is 14.3 Å². The average Bonchev–Trinajstić information content (AvgIpc) is 3.23. The van der Waals surface area contributed by atoms with Gasteiger partial charge in [0.2, 0.25) is 5.95 Å². The number of hydrogen-bond acceptors (Lipinski definition) is 8. The zero-order valence-electron chi connectivity index (χ0n) is 15.5. The number of aliphatic hydroxyl groups is 1. The minimum atomic E-state index is -0.798. The van der Waals surface area contributed by atoms with Crippen LogP contribution in [0, 0.1) is 0 Å². The Labute approximate surface area is 154 Å². The van der Waals surface area contributed by atoms with Crippen molar-refractivity contribution in [2.75, 3.05) is 20.7 Å². The molecule has 0 amide bonds. The molecule has 2 unspecified atom stereocenters. The number of H-pyrrole nitrogens is 1. The molecule has 4 heterocycles. The van der Waals surface area contributed by atoms with Crippen LogP contribution < -0.4 is 5.56 Å². The first-order valence-corrected chi connectivity index (χ1v) is 8.58. The third-order valence-corrected chi connectivity index (χ3v) is 4.41. The number of rotatable bonds is 4. The number of hydrogen-bond donors (Lipinski definition) is 2. The Kier molecular flexibility index (Phi) is 4.26. The fraction of sp³-hybridized carbons (Fsp3) is 0.625. The van der Waals surface area contributed by atoms with Gasteiger partial charge in [-0.15, -0.1) is 0 Å². The predicted octanol–water partition coefficient (Wildman–Crippen LogP) is -0.249. The number of fused-ring (bicyclic) bond motifs is 2. The molecule has 0 aliphatic carbocycles. The van der Waals surface area contributed by atoms with Gasteiger partial charge >= 0.3 is 0 Å². The van der Waals surface area contributed by atoms with Gasteiger partial charge in [0.15, 0.2) is 23.2 Å². The molecule has 2 aliphatic rings. The van der Waals surface area contributed by atoms with Crippen LogP contribution >= 0.6 is 0 Å². The summed E-state index contributed by atoms with van der Waals surface area (Å²) < 4.78 is 19.4. The number of nitrogens with zero attached hydrogens (tertiary/aromatic N) is 5. The van der Waals surface area contributed by atoms with Gasteiger partial charge in [-0.05, 0) is 13.8 Å². The highest BCUT2D eigenvalue weighted by atomic mass is 16.8. The molecule has 2 aromatic heterocycles. The van der Waals surface area contributed by atoms with Crippen molar-refractivity contribution >= 4 is 23.5 Å². The Hall–Kier alpha value is -2.34. The van der Waals surface area contributed by atoms with E-state index in [1.165, 1.54) is 12.7 Å². The van der Waals surface area contributed by atoms with Gasteiger partial charge in [-0.25, -0.2) is 9.98 Å². The van der Waals surface area contributed by atoms with E-state index in [1.807, 2.05) is 14.1 Å². The third-order valence-electron chi connectivity index (χ3n) is 4.41. The largest absolute Gasteiger partial charge is 0.394 e. The SMILES string of the molecule is CN(C)C=Nc1nc2c(ncn2[C@@H]2O[C@H](CO)C3OC(C)(C)OC32)c(=O)[nH]1. The second-order valence-electron chi connectivity index (χ2n) is 7.23. The molecule has 27 heavy (non-hydrogen) atoms. The van der Waals surface area contributed by atoms with Gasteiger partial charge in [0.05, 0.1) is 19.3 Å². The van der Waals surface area contributed by atoms with Crippen LogP contribution in [0.2, 0.25) is 0 Å². The normalized spacial score (nSPS) is 29.7. The molecule has 2 aromatic rings. The Morgan fingerprint density at radius 2 is 2.15 bits per heavy atom. The van der Waals surface area contributed by atoms with Gasteiger partial charge < -0.3 is 24.2 Å². The third kappa shape index (κ3) is 3.12. The quantitative estimate of drug-likeness (QED) is 0.551. The van der Waals surface area contributed by atoms with Crippen LogP contribution in [0.3, 0.4) is 0 Å². The van der Waals surface area contributed by atoms with E-state index in [2.05, 4.69) is 19.9 Å². The van der Waals surface area contributed by atoms with E-state index in [-0.39, 0.29) is 18.1 Å². The molecule has 4 atom stereocenters. The van der Waals surface area contributed by atoms with E-state index in [9.17, 15) is 9.90 Å². The molecule has 2 fully saturated rings. The van der Waals surface area contributed by atoms with Crippen LogP contribution in [-0.4, -0.2) is 80.7 Å². The number of imidazole rings is 1. The topological polar surface area (TPSA) is 127 Å². The lowest BCUT2D eigenvalue weighted by atomic mass is 10.1. The Morgan fingerprint density at radius 3 is 2.85 bits per heavy atom. The first-order valence-electron chi connectivity index (χ1n) is 8.58. The maximum Gasteiger partial charge on any atom is 0.280 e. The van der Waals surface area contributed by atoms with Crippen LogP contribution in [-0.2, 0) is 14.2 Å². The number of aliphatic imine (C=N–C) groups is 1. The van der Waals surface area contributed by atoms with Crippen LogP contribution in [0.4, 0.5) is 5.95 Å². The van der Waals surface area contributed by atoms with Gasteiger partial charge in [-0.2, -0.15) is 4.98 Å². The minimum Gasteiger partial charge on any atom is -0.394 e. The predicted molar refractivity (Wildman–Crippen MR) is 94.8 cm³/mol. The molecule has 0 aromatic carbocycles. The highest BCUT2D eigenvalue weighted by Crippen LogP contribution is 2.43. The van der Waals surface area contributed by atoms with E-state index < -0.39 is 35.9 Å². The van der Waals surface area contributed by atoms with Crippen molar-refractivity contribution in [3.8, 4) is 0 Å². The molecule has 2 aliphatic heterocycles. The molecular weight excluding hydrogens is 356 g/mol. The number of aromatic amines is 1. The minimum absolute atomic E-state index is 0.153. The highest BCUT2D eigenvalue weighted by molar-refractivity contribution is 5.71. The second-order valence-corrected chi connectivity index (χ2v) is 7.23. The maximum atomic E-state index is 12.3. The summed E-state index contributed by atoms with van der Waals surface area (Å²) in [6.07, 6.45) is 0.921. The van der Waals surface area contributed by atoms with Gasteiger partial charge in [0.25, 0.3) is 5.56 Å². The van der Waals surface area contributed by atoms with E-state index >= 15 is 0 Å². The van der Waals surface area contributed by atoms with Crippen molar-refractivity contribution < 1.29 is 19.3 Å². The van der Waals surface area contributed by atoms with Crippen LogP contribution in [0.5, 0.6) is 0 Å². The molecular formula is C16H22N6O5. The highest BCUT2D eigenvalue weighted by Gasteiger charge is 2.56. The summed E-state index contributed by atoms with van der Waals surface area (Å²) in [5.41, 5.74) is 0.0895. The van der Waals surface area contributed by atoms with E-state index in [1.54, 1.807) is 23.3 Å². The molecule has 2 saturated heterocycles. The summed E-state index contributed by atoms with van der Waals surface area (Å²) in [7, 11) is 3.62. The molecule has 0 spiro atoms. The van der Waals surface area contributed by atoms with E-state index in [4.69, 9.17) is 14.2 Å². The lowest BCUT2D eigenvalue weighted by molar-refractivity contribution is -0.199. The van der Waals surface area contributed by atoms with Gasteiger partial charge in [0, 0.05) is 14.1 Å². The summed E-state index contributed by atoms with van der Waals surface area (Å²) in [6, 6.07) is 0. The van der Waals surface area contributed by atoms with Crippen molar-refractivity contribution in [1.82, 2.24) is 24.4 Å². The number of aliphatic hydroxyl groups excluding tert-OH is 1. The fourth-order valence-electron chi connectivity index (χ4n) is 3.36. The van der Waals surface area contributed by atoms with Crippen LogP contribution in [0.15, 0.2) is 16.1 Å². The molecule has 146 valence electrons. The maximum absolute atomic E-state index is 12.3. The van der Waals surface area contributed by atoms with Crippen LogP contribution in [0.1, 0.15) is 20.1 Å². The van der Waals surface area contributed by atoms with Crippen molar-refractivity contribution in [1.29, 1.82) is 0 Å². The van der Waals surface area contributed by atoms with Crippen molar-refractivity contribution in [3.63, 3.8) is 0 Å². The zero-order valence-corrected chi connectivity index (χ0v) is 15.5. The molecule has 11 heteroatoms.